The average Bonchev–Trinajstić information content (AvgIpc) is 2.88. The van der Waals surface area contributed by atoms with Crippen LogP contribution in [-0.4, -0.2) is 22.5 Å². The van der Waals surface area contributed by atoms with Crippen molar-refractivity contribution in [3.8, 4) is 0 Å². The van der Waals surface area contributed by atoms with Crippen LogP contribution in [0.3, 0.4) is 0 Å². The van der Waals surface area contributed by atoms with Crippen LogP contribution in [-0.2, 0) is 24.7 Å². The zero-order valence-corrected chi connectivity index (χ0v) is 12.4. The van der Waals surface area contributed by atoms with Crippen molar-refractivity contribution in [3.63, 3.8) is 0 Å². The van der Waals surface area contributed by atoms with Crippen LogP contribution in [0.5, 0.6) is 0 Å². The van der Waals surface area contributed by atoms with E-state index in [1.807, 2.05) is 0 Å². The quantitative estimate of drug-likeness (QED) is 0.625. The standard InChI is InChI=1S/C13H16N2O4S/c1-11(2)5-13(8(16)18-11)6-12(3,19-9(13)17)7-4-20-10(14)15-7/h4H,5-6H2,1-3H3,(H2,14,15)/t12-,13+/m1/s1. The molecule has 1 aromatic rings. The van der Waals surface area contributed by atoms with Gasteiger partial charge < -0.3 is 15.2 Å². The molecule has 2 saturated heterocycles. The molecule has 0 radical (unpaired) electrons. The van der Waals surface area contributed by atoms with E-state index in [0.29, 0.717) is 17.2 Å². The normalized spacial score (nSPS) is 35.4. The third-order valence-electron chi connectivity index (χ3n) is 3.90. The summed E-state index contributed by atoms with van der Waals surface area (Å²) in [5.41, 5.74) is 3.43. The van der Waals surface area contributed by atoms with Gasteiger partial charge in [0.15, 0.2) is 16.1 Å². The van der Waals surface area contributed by atoms with Crippen LogP contribution in [0.4, 0.5) is 5.13 Å². The lowest BCUT2D eigenvalue weighted by atomic mass is 9.75. The minimum Gasteiger partial charge on any atom is -0.459 e. The topological polar surface area (TPSA) is 91.5 Å². The average molecular weight is 296 g/mol. The second-order valence-electron chi connectivity index (χ2n) is 6.28. The van der Waals surface area contributed by atoms with Crippen molar-refractivity contribution in [1.82, 2.24) is 4.98 Å². The van der Waals surface area contributed by atoms with Crippen LogP contribution in [0.1, 0.15) is 39.3 Å². The Balaban J connectivity index is 1.99. The number of anilines is 1. The van der Waals surface area contributed by atoms with Gasteiger partial charge in [0.2, 0.25) is 0 Å². The predicted molar refractivity (Wildman–Crippen MR) is 71.8 cm³/mol. The molecule has 1 spiro atoms. The Morgan fingerprint density at radius 2 is 1.85 bits per heavy atom. The highest BCUT2D eigenvalue weighted by Gasteiger charge is 2.67. The van der Waals surface area contributed by atoms with Gasteiger partial charge in [-0.05, 0) is 20.8 Å². The molecule has 0 unspecified atom stereocenters. The number of hydrogen-bond acceptors (Lipinski definition) is 7. The number of carbonyl (C=O) groups is 2. The van der Waals surface area contributed by atoms with Crippen LogP contribution in [0, 0.1) is 5.41 Å². The first-order chi connectivity index (χ1) is 9.17. The number of rotatable bonds is 1. The van der Waals surface area contributed by atoms with Gasteiger partial charge in [0, 0.05) is 18.2 Å². The SMILES string of the molecule is CC1(C)C[C@]2(C[C@](C)(c3csc(N)n3)OC2=O)C(=O)O1. The molecule has 2 N–H and O–H groups in total. The summed E-state index contributed by atoms with van der Waals surface area (Å²) >= 11 is 1.28. The van der Waals surface area contributed by atoms with Crippen LogP contribution in [0.2, 0.25) is 0 Å². The van der Waals surface area contributed by atoms with Gasteiger partial charge in [-0.3, -0.25) is 9.59 Å². The summed E-state index contributed by atoms with van der Waals surface area (Å²) in [5, 5.41) is 2.17. The first-order valence-electron chi connectivity index (χ1n) is 6.35. The summed E-state index contributed by atoms with van der Waals surface area (Å²) in [6, 6.07) is 0. The number of aromatic nitrogens is 1. The third kappa shape index (κ3) is 1.72. The first-order valence-corrected chi connectivity index (χ1v) is 7.23. The largest absolute Gasteiger partial charge is 0.459 e. The molecule has 2 fully saturated rings. The number of thiazole rings is 1. The van der Waals surface area contributed by atoms with E-state index >= 15 is 0 Å². The van der Waals surface area contributed by atoms with Crippen molar-refractivity contribution in [2.24, 2.45) is 5.41 Å². The van der Waals surface area contributed by atoms with E-state index in [0.717, 1.165) is 0 Å². The molecule has 2 aliphatic rings. The van der Waals surface area contributed by atoms with Gasteiger partial charge in [0.1, 0.15) is 5.60 Å². The molecule has 0 amide bonds. The van der Waals surface area contributed by atoms with Gasteiger partial charge in [-0.15, -0.1) is 11.3 Å². The lowest BCUT2D eigenvalue weighted by Gasteiger charge is -2.20. The highest BCUT2D eigenvalue weighted by atomic mass is 32.1. The smallest absolute Gasteiger partial charge is 0.324 e. The number of ether oxygens (including phenoxy) is 2. The van der Waals surface area contributed by atoms with Crippen molar-refractivity contribution in [3.05, 3.63) is 11.1 Å². The van der Waals surface area contributed by atoms with Crippen molar-refractivity contribution in [2.45, 2.75) is 44.8 Å². The van der Waals surface area contributed by atoms with Gasteiger partial charge in [0.05, 0.1) is 5.69 Å². The number of cyclic esters (lactones) is 2. The van der Waals surface area contributed by atoms with E-state index < -0.39 is 28.6 Å². The second-order valence-corrected chi connectivity index (χ2v) is 7.17. The summed E-state index contributed by atoms with van der Waals surface area (Å²) in [4.78, 5) is 28.7. The zero-order valence-electron chi connectivity index (χ0n) is 11.6. The van der Waals surface area contributed by atoms with Crippen molar-refractivity contribution in [2.75, 3.05) is 5.73 Å². The summed E-state index contributed by atoms with van der Waals surface area (Å²) in [5.74, 6) is -1.03. The first kappa shape index (κ1) is 13.4. The van der Waals surface area contributed by atoms with E-state index in [1.54, 1.807) is 26.2 Å². The lowest BCUT2D eigenvalue weighted by Crippen LogP contribution is -2.32. The number of nitrogens with two attached hydrogens (primary N) is 1. The molecule has 2 atom stereocenters. The predicted octanol–water partition coefficient (Wildman–Crippen LogP) is 1.60. The summed E-state index contributed by atoms with van der Waals surface area (Å²) < 4.78 is 10.8. The number of hydrogen-bond donors (Lipinski definition) is 1. The molecule has 0 aromatic carbocycles. The van der Waals surface area contributed by atoms with Gasteiger partial charge in [-0.1, -0.05) is 0 Å². The highest BCUT2D eigenvalue weighted by molar-refractivity contribution is 7.13. The number of nitrogen functional groups attached to an aromatic ring is 1. The lowest BCUT2D eigenvalue weighted by molar-refractivity contribution is -0.161. The minimum absolute atomic E-state index is 0.240. The van der Waals surface area contributed by atoms with Crippen molar-refractivity contribution in [1.29, 1.82) is 0 Å². The molecular formula is C13H16N2O4S. The Bertz CT molecular complexity index is 611. The maximum atomic E-state index is 12.3. The molecule has 3 rings (SSSR count). The molecule has 7 heteroatoms. The van der Waals surface area contributed by atoms with E-state index in [4.69, 9.17) is 15.2 Å². The van der Waals surface area contributed by atoms with Crippen LogP contribution >= 0.6 is 11.3 Å². The minimum atomic E-state index is -1.21. The van der Waals surface area contributed by atoms with Gasteiger partial charge in [0.25, 0.3) is 0 Å². The Hall–Kier alpha value is -1.63. The zero-order chi connectivity index (χ0) is 14.8. The number of esters is 2. The molecule has 20 heavy (non-hydrogen) atoms. The van der Waals surface area contributed by atoms with Crippen LogP contribution in [0.15, 0.2) is 5.38 Å². The van der Waals surface area contributed by atoms with Gasteiger partial charge in [-0.25, -0.2) is 4.98 Å². The maximum absolute atomic E-state index is 12.3. The maximum Gasteiger partial charge on any atom is 0.324 e. The number of nitrogens with zero attached hydrogens (tertiary/aromatic N) is 1. The van der Waals surface area contributed by atoms with E-state index in [1.165, 1.54) is 11.3 Å². The Kier molecular flexibility index (Phi) is 2.48. The van der Waals surface area contributed by atoms with Gasteiger partial charge >= 0.3 is 11.9 Å². The summed E-state index contributed by atoms with van der Waals surface area (Å²) in [6.07, 6.45) is 0.567. The molecule has 6 nitrogen and oxygen atoms in total. The van der Waals surface area contributed by atoms with E-state index in [2.05, 4.69) is 4.98 Å². The van der Waals surface area contributed by atoms with Crippen LogP contribution in [0.25, 0.3) is 0 Å². The summed E-state index contributed by atoms with van der Waals surface area (Å²) in [7, 11) is 0. The molecule has 2 aliphatic heterocycles. The fourth-order valence-corrected chi connectivity index (χ4v) is 3.82. The Morgan fingerprint density at radius 3 is 2.35 bits per heavy atom. The Morgan fingerprint density at radius 1 is 1.20 bits per heavy atom. The van der Waals surface area contributed by atoms with Crippen molar-refractivity contribution >= 4 is 28.4 Å². The highest BCUT2D eigenvalue weighted by Crippen LogP contribution is 2.54. The van der Waals surface area contributed by atoms with Gasteiger partial charge in [-0.2, -0.15) is 0 Å². The Labute approximate surface area is 120 Å². The van der Waals surface area contributed by atoms with Crippen molar-refractivity contribution < 1.29 is 19.1 Å². The molecule has 108 valence electrons. The molecule has 0 saturated carbocycles. The number of carbonyl (C=O) groups excluding carboxylic acids is 2. The fraction of sp³-hybridized carbons (Fsp3) is 0.615. The fourth-order valence-electron chi connectivity index (χ4n) is 3.13. The molecule has 0 bridgehead atoms. The molecule has 3 heterocycles. The monoisotopic (exact) mass is 296 g/mol. The third-order valence-corrected chi connectivity index (χ3v) is 4.57. The summed E-state index contributed by atoms with van der Waals surface area (Å²) in [6.45, 7) is 5.35. The molecule has 1 aromatic heterocycles. The van der Waals surface area contributed by atoms with E-state index in [9.17, 15) is 9.59 Å². The van der Waals surface area contributed by atoms with E-state index in [-0.39, 0.29) is 6.42 Å². The molecular weight excluding hydrogens is 280 g/mol. The molecule has 0 aliphatic carbocycles. The second kappa shape index (κ2) is 3.72. The van der Waals surface area contributed by atoms with Crippen LogP contribution < -0.4 is 5.73 Å².